The smallest absolute Gasteiger partial charge is 0.235 e. The first kappa shape index (κ1) is 28.5. The molecule has 4 heterocycles. The van der Waals surface area contributed by atoms with Crippen molar-refractivity contribution in [3.05, 3.63) is 164 Å². The summed E-state index contributed by atoms with van der Waals surface area (Å²) in [5.41, 5.74) is 10.5. The molecule has 0 saturated heterocycles. The molecule has 0 aliphatic heterocycles. The molecule has 0 unspecified atom stereocenters. The number of nitrogens with zero attached hydrogens (tertiary/aromatic N) is 3. The Balaban J connectivity index is 1.15. The fourth-order valence-corrected chi connectivity index (χ4v) is 8.48. The lowest BCUT2D eigenvalue weighted by atomic mass is 9.95. The highest BCUT2D eigenvalue weighted by Gasteiger charge is 2.23. The minimum absolute atomic E-state index is 0.606. The molecule has 0 bridgehead atoms. The molecule has 12 rings (SSSR count). The molecule has 0 aliphatic rings. The first-order valence-electron chi connectivity index (χ1n) is 17.8. The molecule has 8 aromatic carbocycles. The summed E-state index contributed by atoms with van der Waals surface area (Å²) in [6.07, 6.45) is 0. The van der Waals surface area contributed by atoms with Crippen LogP contribution in [0.4, 0.5) is 0 Å². The summed E-state index contributed by atoms with van der Waals surface area (Å²) in [7, 11) is 0. The molecule has 4 aromatic heterocycles. The second-order valence-electron chi connectivity index (χ2n) is 13.7. The molecule has 0 saturated carbocycles. The van der Waals surface area contributed by atoms with Gasteiger partial charge < -0.3 is 8.83 Å². The quantitative estimate of drug-likeness (QED) is 0.187. The van der Waals surface area contributed by atoms with Crippen molar-refractivity contribution < 1.29 is 8.83 Å². The maximum absolute atomic E-state index is 6.96. The second-order valence-corrected chi connectivity index (χ2v) is 13.7. The summed E-state index contributed by atoms with van der Waals surface area (Å²) in [5.74, 6) is 0.606. The summed E-state index contributed by atoms with van der Waals surface area (Å²) in [6, 6.07) is 57.1. The number of hydrogen-bond donors (Lipinski definition) is 0. The van der Waals surface area contributed by atoms with Gasteiger partial charge in [-0.2, -0.15) is 0 Å². The van der Waals surface area contributed by atoms with E-state index < -0.39 is 0 Å². The molecular weight excluding hydrogens is 651 g/mol. The molecule has 0 spiro atoms. The monoisotopic (exact) mass is 677 g/mol. The maximum atomic E-state index is 6.96. The molecule has 5 heteroatoms. The van der Waals surface area contributed by atoms with Gasteiger partial charge in [-0.1, -0.05) is 109 Å². The maximum Gasteiger partial charge on any atom is 0.235 e. The van der Waals surface area contributed by atoms with E-state index in [1.165, 1.54) is 10.8 Å². The lowest BCUT2D eigenvalue weighted by Gasteiger charge is -2.12. The van der Waals surface area contributed by atoms with Crippen LogP contribution in [0.15, 0.2) is 173 Å². The molecule has 0 radical (unpaired) electrons. The third-order valence-electron chi connectivity index (χ3n) is 10.8. The number of aromatic nitrogens is 3. The Morgan fingerprint density at radius 3 is 2.00 bits per heavy atom. The Bertz CT molecular complexity index is 3460. The van der Waals surface area contributed by atoms with Gasteiger partial charge in [-0.15, -0.1) is 0 Å². The molecule has 0 atom stereocenters. The van der Waals surface area contributed by atoms with Crippen molar-refractivity contribution in [1.29, 1.82) is 0 Å². The van der Waals surface area contributed by atoms with Crippen LogP contribution in [-0.4, -0.2) is 14.5 Å². The van der Waals surface area contributed by atoms with Gasteiger partial charge in [0, 0.05) is 37.9 Å². The van der Waals surface area contributed by atoms with Crippen molar-refractivity contribution in [2.45, 2.75) is 0 Å². The van der Waals surface area contributed by atoms with Crippen molar-refractivity contribution in [2.24, 2.45) is 0 Å². The van der Waals surface area contributed by atoms with E-state index in [2.05, 4.69) is 132 Å². The second kappa shape index (κ2) is 10.6. The van der Waals surface area contributed by atoms with E-state index in [9.17, 15) is 0 Å². The van der Waals surface area contributed by atoms with Crippen LogP contribution in [0.3, 0.4) is 0 Å². The predicted octanol–water partition coefficient (Wildman–Crippen LogP) is 13.0. The Labute approximate surface area is 302 Å². The third-order valence-corrected chi connectivity index (χ3v) is 10.8. The number of benzene rings is 8. The first-order valence-corrected chi connectivity index (χ1v) is 17.8. The highest BCUT2D eigenvalue weighted by molar-refractivity contribution is 6.29. The number of furan rings is 2. The number of rotatable bonds is 3. The third kappa shape index (κ3) is 4.02. The van der Waals surface area contributed by atoms with Gasteiger partial charge in [-0.05, 0) is 76.5 Å². The summed E-state index contributed by atoms with van der Waals surface area (Å²) in [4.78, 5) is 10.6. The van der Waals surface area contributed by atoms with Gasteiger partial charge in [-0.3, -0.25) is 4.57 Å². The van der Waals surface area contributed by atoms with E-state index in [1.807, 2.05) is 36.4 Å². The Morgan fingerprint density at radius 2 is 1.11 bits per heavy atom. The Hall–Kier alpha value is -7.24. The molecule has 53 heavy (non-hydrogen) atoms. The van der Waals surface area contributed by atoms with Crippen molar-refractivity contribution in [3.8, 4) is 28.3 Å². The zero-order valence-electron chi connectivity index (χ0n) is 28.2. The SMILES string of the molecule is c1ccc(-c2cc3oc4c(ccc5c4c4ccccc4n5-c4nc(-c5ccc6oc7ccccc7c6c5)c5ccccc5n4)c3c3ccccc23)cc1. The van der Waals surface area contributed by atoms with Crippen LogP contribution >= 0.6 is 0 Å². The minimum atomic E-state index is 0.606. The van der Waals surface area contributed by atoms with Gasteiger partial charge in [0.2, 0.25) is 5.95 Å². The van der Waals surface area contributed by atoms with Gasteiger partial charge in [-0.25, -0.2) is 9.97 Å². The van der Waals surface area contributed by atoms with E-state index >= 15 is 0 Å². The molecular formula is C48H27N3O2. The largest absolute Gasteiger partial charge is 0.456 e. The van der Waals surface area contributed by atoms with Gasteiger partial charge in [0.05, 0.1) is 27.6 Å². The topological polar surface area (TPSA) is 57.0 Å². The highest BCUT2D eigenvalue weighted by Crippen LogP contribution is 2.45. The van der Waals surface area contributed by atoms with Crippen molar-refractivity contribution in [1.82, 2.24) is 14.5 Å². The fourth-order valence-electron chi connectivity index (χ4n) is 8.48. The molecule has 0 aliphatic carbocycles. The van der Waals surface area contributed by atoms with Crippen LogP contribution in [0.1, 0.15) is 0 Å². The van der Waals surface area contributed by atoms with Crippen LogP contribution < -0.4 is 0 Å². The average molecular weight is 678 g/mol. The Kier molecular flexibility index (Phi) is 5.71. The van der Waals surface area contributed by atoms with E-state index in [0.29, 0.717) is 5.95 Å². The highest BCUT2D eigenvalue weighted by atomic mass is 16.3. The predicted molar refractivity (Wildman–Crippen MR) is 217 cm³/mol. The van der Waals surface area contributed by atoms with E-state index in [0.717, 1.165) is 99.0 Å². The summed E-state index contributed by atoms with van der Waals surface area (Å²) in [5, 5.41) is 9.87. The lowest BCUT2D eigenvalue weighted by molar-refractivity contribution is 0.669. The summed E-state index contributed by atoms with van der Waals surface area (Å²) < 4.78 is 15.3. The number of fused-ring (bicyclic) bond motifs is 13. The van der Waals surface area contributed by atoms with Crippen LogP contribution in [0.2, 0.25) is 0 Å². The van der Waals surface area contributed by atoms with Gasteiger partial charge in [0.1, 0.15) is 22.3 Å². The molecule has 0 fully saturated rings. The van der Waals surface area contributed by atoms with Gasteiger partial charge >= 0.3 is 0 Å². The minimum Gasteiger partial charge on any atom is -0.456 e. The Morgan fingerprint density at radius 1 is 0.396 bits per heavy atom. The zero-order valence-corrected chi connectivity index (χ0v) is 28.2. The molecule has 0 N–H and O–H groups in total. The van der Waals surface area contributed by atoms with E-state index in [-0.39, 0.29) is 0 Å². The van der Waals surface area contributed by atoms with Gasteiger partial charge in [0.25, 0.3) is 0 Å². The van der Waals surface area contributed by atoms with Crippen LogP contribution in [0.5, 0.6) is 0 Å². The zero-order chi connectivity index (χ0) is 34.6. The van der Waals surface area contributed by atoms with Gasteiger partial charge in [0.15, 0.2) is 0 Å². The molecule has 5 nitrogen and oxygen atoms in total. The van der Waals surface area contributed by atoms with Crippen molar-refractivity contribution in [3.63, 3.8) is 0 Å². The standard InChI is InChI=1S/C48H27N3O2/c1-2-12-28(13-3-1)36-27-43-44(32-16-5-4-14-30(32)36)35-23-24-40-45(47(35)53-43)34-18-7-10-20-39(34)51(40)48-49-38-19-9-6-17-33(38)46(50-48)29-22-25-42-37(26-29)31-15-8-11-21-41(31)52-42/h1-27H. The number of para-hydroxylation sites is 3. The van der Waals surface area contributed by atoms with Crippen LogP contribution in [0.25, 0.3) is 116 Å². The van der Waals surface area contributed by atoms with Crippen LogP contribution in [-0.2, 0) is 0 Å². The molecule has 12 aromatic rings. The average Bonchev–Trinajstić information content (AvgIpc) is 3.89. The summed E-state index contributed by atoms with van der Waals surface area (Å²) >= 11 is 0. The van der Waals surface area contributed by atoms with Crippen LogP contribution in [0, 0.1) is 0 Å². The normalized spacial score (nSPS) is 12.2. The van der Waals surface area contributed by atoms with E-state index in [4.69, 9.17) is 18.8 Å². The van der Waals surface area contributed by atoms with E-state index in [1.54, 1.807) is 0 Å². The molecule has 246 valence electrons. The van der Waals surface area contributed by atoms with Crippen molar-refractivity contribution >= 4 is 87.4 Å². The van der Waals surface area contributed by atoms with Crippen molar-refractivity contribution in [2.75, 3.05) is 0 Å². The lowest BCUT2D eigenvalue weighted by Crippen LogP contribution is -2.03. The summed E-state index contributed by atoms with van der Waals surface area (Å²) in [6.45, 7) is 0. The fraction of sp³-hybridized carbons (Fsp3) is 0. The first-order chi connectivity index (χ1) is 26.3. The molecule has 0 amide bonds. The number of hydrogen-bond acceptors (Lipinski definition) is 4.